The molecular weight excluding hydrogens is 222 g/mol. The van der Waals surface area contributed by atoms with E-state index in [0.717, 1.165) is 0 Å². The molecule has 1 aliphatic heterocycles. The summed E-state index contributed by atoms with van der Waals surface area (Å²) in [6, 6.07) is 0. The third-order valence-corrected chi connectivity index (χ3v) is 3.03. The first-order valence-electron chi connectivity index (χ1n) is 5.17. The van der Waals surface area contributed by atoms with Gasteiger partial charge in [-0.2, -0.15) is 0 Å². The van der Waals surface area contributed by atoms with E-state index in [0.29, 0.717) is 19.6 Å². The summed E-state index contributed by atoms with van der Waals surface area (Å²) in [5.41, 5.74) is 0. The van der Waals surface area contributed by atoms with Crippen LogP contribution in [0.2, 0.25) is 0 Å². The van der Waals surface area contributed by atoms with E-state index in [1.807, 2.05) is 0 Å². The van der Waals surface area contributed by atoms with Gasteiger partial charge in [0.05, 0.1) is 19.1 Å². The Hall–Kier alpha value is -0.880. The fraction of sp³-hybridized carbons (Fsp3) is 0.800. The van der Waals surface area contributed by atoms with Crippen LogP contribution in [0.4, 0.5) is 8.78 Å². The maximum Gasteiger partial charge on any atom is 0.296 e. The summed E-state index contributed by atoms with van der Waals surface area (Å²) >= 11 is 0. The Morgan fingerprint density at radius 1 is 1.38 bits per heavy atom. The van der Waals surface area contributed by atoms with Crippen molar-refractivity contribution in [1.29, 1.82) is 0 Å². The normalized spacial score (nSPS) is 28.9. The Balaban J connectivity index is 2.11. The number of ketones is 2. The molecule has 1 saturated heterocycles. The summed E-state index contributed by atoms with van der Waals surface area (Å²) in [6.45, 7) is 0.757. The lowest BCUT2D eigenvalue weighted by atomic mass is 9.81. The summed E-state index contributed by atoms with van der Waals surface area (Å²) in [4.78, 5) is 22.6. The minimum Gasteiger partial charge on any atom is -0.347 e. The molecule has 0 aromatic carbocycles. The molecule has 1 atom stereocenters. The van der Waals surface area contributed by atoms with Gasteiger partial charge >= 0.3 is 0 Å². The van der Waals surface area contributed by atoms with Crippen LogP contribution >= 0.6 is 0 Å². The Labute approximate surface area is 90.9 Å². The van der Waals surface area contributed by atoms with Crippen LogP contribution in [0.3, 0.4) is 0 Å². The molecule has 4 nitrogen and oxygen atoms in total. The summed E-state index contributed by atoms with van der Waals surface area (Å²) in [7, 11) is 0. The monoisotopic (exact) mass is 234 g/mol. The highest BCUT2D eigenvalue weighted by Gasteiger charge is 2.48. The molecule has 0 aromatic heterocycles. The second kappa shape index (κ2) is 4.18. The predicted octanol–water partition coefficient (Wildman–Crippen LogP) is 0.933. The number of ether oxygens (including phenoxy) is 2. The number of hydrogen-bond acceptors (Lipinski definition) is 4. The first-order valence-corrected chi connectivity index (χ1v) is 5.17. The first kappa shape index (κ1) is 11.6. The van der Waals surface area contributed by atoms with E-state index in [1.165, 1.54) is 0 Å². The second-order valence-corrected chi connectivity index (χ2v) is 4.03. The predicted molar refractivity (Wildman–Crippen MR) is 48.0 cm³/mol. The zero-order valence-corrected chi connectivity index (χ0v) is 8.58. The molecule has 2 rings (SSSR count). The van der Waals surface area contributed by atoms with E-state index in [-0.39, 0.29) is 12.8 Å². The lowest BCUT2D eigenvalue weighted by Gasteiger charge is -2.34. The number of hydrogen-bond donors (Lipinski definition) is 0. The van der Waals surface area contributed by atoms with E-state index in [9.17, 15) is 18.4 Å². The molecule has 0 radical (unpaired) electrons. The second-order valence-electron chi connectivity index (χ2n) is 4.03. The summed E-state index contributed by atoms with van der Waals surface area (Å²) < 4.78 is 35.2. The zero-order valence-electron chi connectivity index (χ0n) is 8.58. The van der Waals surface area contributed by atoms with E-state index < -0.39 is 29.7 Å². The van der Waals surface area contributed by atoms with Crippen LogP contribution in [0.25, 0.3) is 0 Å². The van der Waals surface area contributed by atoms with Crippen molar-refractivity contribution < 1.29 is 27.8 Å². The van der Waals surface area contributed by atoms with Gasteiger partial charge in [-0.15, -0.1) is 0 Å². The van der Waals surface area contributed by atoms with Gasteiger partial charge in [0, 0.05) is 19.3 Å². The highest BCUT2D eigenvalue weighted by molar-refractivity contribution is 6.04. The number of rotatable bonds is 2. The standard InChI is InChI=1S/C10H12F2O4/c11-9(12)8(14)6-5-10(2-1-7(6)13)15-3-4-16-10/h6,9H,1-5H2. The molecule has 1 saturated carbocycles. The smallest absolute Gasteiger partial charge is 0.296 e. The molecule has 2 fully saturated rings. The lowest BCUT2D eigenvalue weighted by molar-refractivity contribution is -0.192. The van der Waals surface area contributed by atoms with E-state index in [2.05, 4.69) is 0 Å². The number of halogens is 2. The van der Waals surface area contributed by atoms with Gasteiger partial charge in [-0.25, -0.2) is 8.78 Å². The van der Waals surface area contributed by atoms with Crippen LogP contribution in [0.15, 0.2) is 0 Å². The zero-order chi connectivity index (χ0) is 11.8. The highest BCUT2D eigenvalue weighted by atomic mass is 19.3. The van der Waals surface area contributed by atoms with Crippen LogP contribution in [0, 0.1) is 5.92 Å². The average Bonchev–Trinajstić information content (AvgIpc) is 2.70. The van der Waals surface area contributed by atoms with E-state index in [4.69, 9.17) is 9.47 Å². The Kier molecular flexibility index (Phi) is 3.03. The van der Waals surface area contributed by atoms with Crippen LogP contribution in [-0.4, -0.2) is 37.0 Å². The van der Waals surface area contributed by atoms with E-state index in [1.54, 1.807) is 0 Å². The fourth-order valence-corrected chi connectivity index (χ4v) is 2.19. The van der Waals surface area contributed by atoms with Gasteiger partial charge in [-0.1, -0.05) is 0 Å². The highest BCUT2D eigenvalue weighted by Crippen LogP contribution is 2.38. The van der Waals surface area contributed by atoms with Crippen molar-refractivity contribution in [3.63, 3.8) is 0 Å². The molecular formula is C10H12F2O4. The van der Waals surface area contributed by atoms with Crippen LogP contribution in [-0.2, 0) is 19.1 Å². The molecule has 0 amide bonds. The largest absolute Gasteiger partial charge is 0.347 e. The molecule has 1 heterocycles. The van der Waals surface area contributed by atoms with Gasteiger partial charge < -0.3 is 9.47 Å². The molecule has 90 valence electrons. The third kappa shape index (κ3) is 1.99. The van der Waals surface area contributed by atoms with Gasteiger partial charge in [0.15, 0.2) is 5.79 Å². The Morgan fingerprint density at radius 2 is 2.00 bits per heavy atom. The molecule has 1 unspecified atom stereocenters. The number of carbonyl (C=O) groups excluding carboxylic acids is 2. The van der Waals surface area contributed by atoms with E-state index >= 15 is 0 Å². The van der Waals surface area contributed by atoms with Gasteiger partial charge in [0.25, 0.3) is 6.43 Å². The lowest BCUT2D eigenvalue weighted by Crippen LogP contribution is -2.44. The maximum atomic E-state index is 12.3. The van der Waals surface area contributed by atoms with Crippen molar-refractivity contribution >= 4 is 11.6 Å². The van der Waals surface area contributed by atoms with Crippen molar-refractivity contribution in [2.45, 2.75) is 31.5 Å². The molecule has 16 heavy (non-hydrogen) atoms. The maximum absolute atomic E-state index is 12.3. The average molecular weight is 234 g/mol. The van der Waals surface area contributed by atoms with Crippen molar-refractivity contribution in [2.24, 2.45) is 5.92 Å². The Morgan fingerprint density at radius 3 is 2.56 bits per heavy atom. The van der Waals surface area contributed by atoms with Gasteiger partial charge in [0.1, 0.15) is 5.78 Å². The topological polar surface area (TPSA) is 52.6 Å². The van der Waals surface area contributed by atoms with Crippen molar-refractivity contribution in [2.75, 3.05) is 13.2 Å². The molecule has 0 bridgehead atoms. The Bertz CT molecular complexity index is 310. The quantitative estimate of drug-likeness (QED) is 0.667. The number of Topliss-reactive ketones (excluding diaryl/α,β-unsaturated/α-hetero) is 2. The van der Waals surface area contributed by atoms with Gasteiger partial charge in [-0.3, -0.25) is 9.59 Å². The van der Waals surface area contributed by atoms with Gasteiger partial charge in [-0.05, 0) is 0 Å². The van der Waals surface area contributed by atoms with Crippen LogP contribution in [0.1, 0.15) is 19.3 Å². The molecule has 0 aromatic rings. The molecule has 2 aliphatic rings. The number of alkyl halides is 2. The fourth-order valence-electron chi connectivity index (χ4n) is 2.19. The molecule has 0 N–H and O–H groups in total. The van der Waals surface area contributed by atoms with Crippen molar-refractivity contribution in [3.8, 4) is 0 Å². The minimum absolute atomic E-state index is 0.0587. The molecule has 1 aliphatic carbocycles. The third-order valence-electron chi connectivity index (χ3n) is 3.03. The summed E-state index contributed by atoms with van der Waals surface area (Å²) in [5.74, 6) is -4.01. The van der Waals surface area contributed by atoms with Gasteiger partial charge in [0.2, 0.25) is 5.78 Å². The molecule has 6 heteroatoms. The molecule has 1 spiro atoms. The van der Waals surface area contributed by atoms with Crippen molar-refractivity contribution in [3.05, 3.63) is 0 Å². The van der Waals surface area contributed by atoms with Crippen molar-refractivity contribution in [1.82, 2.24) is 0 Å². The summed E-state index contributed by atoms with van der Waals surface area (Å²) in [6.07, 6.45) is -2.78. The van der Waals surface area contributed by atoms with Crippen LogP contribution < -0.4 is 0 Å². The van der Waals surface area contributed by atoms with Crippen LogP contribution in [0.5, 0.6) is 0 Å². The number of carbonyl (C=O) groups is 2. The minimum atomic E-state index is -3.11. The first-order chi connectivity index (χ1) is 7.54. The SMILES string of the molecule is O=C1CCC2(CC1C(=O)C(F)F)OCCO2. The summed E-state index contributed by atoms with van der Waals surface area (Å²) in [5, 5.41) is 0.